The van der Waals surface area contributed by atoms with Gasteiger partial charge in [-0.15, -0.1) is 0 Å². The Hall–Kier alpha value is -4.85. The number of carbonyl (C=O) groups excluding carboxylic acids is 8. The van der Waals surface area contributed by atoms with Crippen molar-refractivity contribution < 1.29 is 67.9 Å². The van der Waals surface area contributed by atoms with E-state index in [0.717, 1.165) is 71.1 Å². The summed E-state index contributed by atoms with van der Waals surface area (Å²) in [7, 11) is 0. The number of nitrogens with two attached hydrogens (primary N) is 1. The van der Waals surface area contributed by atoms with Crippen LogP contribution in [0.4, 0.5) is 0 Å². The van der Waals surface area contributed by atoms with Gasteiger partial charge in [0.05, 0.1) is 19.6 Å². The van der Waals surface area contributed by atoms with Crippen molar-refractivity contribution in [2.24, 2.45) is 5.73 Å². The molecule has 20 heteroatoms. The highest BCUT2D eigenvalue weighted by atomic mass is 16.6. The Balaban J connectivity index is 6.01. The first-order valence-electron chi connectivity index (χ1n) is 35.1. The average molecular weight is 1250 g/mol. The maximum Gasteiger partial charge on any atom is 0.325 e. The third-order valence-corrected chi connectivity index (χ3v) is 16.3. The molecule has 0 saturated heterocycles. The number of rotatable bonds is 63. The molecule has 0 rings (SSSR count). The van der Waals surface area contributed by atoms with Crippen LogP contribution < -0.4 is 32.3 Å². The van der Waals surface area contributed by atoms with Crippen molar-refractivity contribution >= 4 is 53.4 Å². The maximum atomic E-state index is 14.1. The molecule has 88 heavy (non-hydrogen) atoms. The smallest absolute Gasteiger partial charge is 0.325 e. The van der Waals surface area contributed by atoms with Gasteiger partial charge in [0.2, 0.25) is 35.4 Å². The molecule has 512 valence electrons. The summed E-state index contributed by atoms with van der Waals surface area (Å²) in [4.78, 5) is 117. The van der Waals surface area contributed by atoms with E-state index in [-0.39, 0.29) is 45.1 Å². The van der Waals surface area contributed by atoms with Crippen molar-refractivity contribution in [3.05, 3.63) is 0 Å². The summed E-state index contributed by atoms with van der Waals surface area (Å²) in [6.45, 7) is 5.61. The van der Waals surface area contributed by atoms with Crippen molar-refractivity contribution in [1.82, 2.24) is 26.6 Å². The lowest BCUT2D eigenvalue weighted by Gasteiger charge is -2.25. The monoisotopic (exact) mass is 1250 g/mol. The fourth-order valence-corrected chi connectivity index (χ4v) is 10.6. The minimum absolute atomic E-state index is 0.0127. The Morgan fingerprint density at radius 2 is 0.693 bits per heavy atom. The molecule has 0 saturated carbocycles. The summed E-state index contributed by atoms with van der Waals surface area (Å²) >= 11 is 0. The number of carboxylic acids is 1. The molecular weight excluding hydrogens is 1120 g/mol. The van der Waals surface area contributed by atoms with Crippen LogP contribution in [0.25, 0.3) is 0 Å². The molecule has 0 aromatic heterocycles. The zero-order valence-corrected chi connectivity index (χ0v) is 55.5. The summed E-state index contributed by atoms with van der Waals surface area (Å²) in [6.07, 6.45) is 44.2. The van der Waals surface area contributed by atoms with Crippen LogP contribution >= 0.6 is 0 Å². The first-order valence-corrected chi connectivity index (χ1v) is 35.1. The lowest BCUT2D eigenvalue weighted by atomic mass is 10.0. The Morgan fingerprint density at radius 1 is 0.375 bits per heavy atom. The minimum Gasteiger partial charge on any atom is -0.480 e. The molecule has 0 unspecified atom stereocenters. The van der Waals surface area contributed by atoms with Gasteiger partial charge in [0, 0.05) is 19.3 Å². The normalized spacial score (nSPS) is 13.3. The first-order chi connectivity index (χ1) is 42.5. The lowest BCUT2D eigenvalue weighted by molar-refractivity contribution is -0.159. The van der Waals surface area contributed by atoms with Crippen LogP contribution in [0.2, 0.25) is 0 Å². The van der Waals surface area contributed by atoms with Crippen molar-refractivity contribution in [1.29, 1.82) is 0 Å². The van der Waals surface area contributed by atoms with Crippen molar-refractivity contribution in [2.75, 3.05) is 19.8 Å². The molecule has 0 fully saturated rings. The zero-order chi connectivity index (χ0) is 65.3. The van der Waals surface area contributed by atoms with Crippen molar-refractivity contribution in [3.8, 4) is 0 Å². The number of esters is 2. The number of hydrogen-bond donors (Lipinski definition) is 9. The third-order valence-electron chi connectivity index (χ3n) is 16.3. The van der Waals surface area contributed by atoms with E-state index >= 15 is 0 Å². The van der Waals surface area contributed by atoms with Crippen molar-refractivity contribution in [3.63, 3.8) is 0 Å². The number of aliphatic carboxylic acids is 1. The zero-order valence-electron chi connectivity index (χ0n) is 55.5. The second-order valence-electron chi connectivity index (χ2n) is 24.6. The highest BCUT2D eigenvalue weighted by Crippen LogP contribution is 2.18. The third kappa shape index (κ3) is 49.0. The fraction of sp³-hybridized carbons (Fsp3) is 0.868. The van der Waals surface area contributed by atoms with Gasteiger partial charge in [0.1, 0.15) is 42.9 Å². The standard InChI is InChI=1S/C68H126N6O14/c1-5-8-11-14-17-20-23-26-29-32-35-38-41-47-61(78)71-56(64(81)73-59(52-76)67(84)74-58(51-75)66(83)72-57(50-60(69)77)65(82)70-54(4)68(85)86)46-44-45-55(88-63(80)49-43-40-37-34-31-28-25-22-19-16-13-10-7-3)53-87-62(79)48-42-39-36-33-30-27-24-21-18-15-12-9-6-2/h54-59,75-76H,5-53H2,1-4H3,(H2,69,77)(H,70,82)(H,71,78)(H,72,83)(H,73,81)(H,74,84)(H,85,86)/t54-,55-,56+,57-,58-,59-/m0/s1. The largest absolute Gasteiger partial charge is 0.480 e. The van der Waals surface area contributed by atoms with Crippen LogP contribution in [0.3, 0.4) is 0 Å². The highest BCUT2D eigenvalue weighted by Gasteiger charge is 2.33. The van der Waals surface area contributed by atoms with Crippen LogP contribution in [0, 0.1) is 0 Å². The topological polar surface area (TPSA) is 319 Å². The van der Waals surface area contributed by atoms with Crippen LogP contribution in [0.5, 0.6) is 0 Å². The molecule has 20 nitrogen and oxygen atoms in total. The van der Waals surface area contributed by atoms with Gasteiger partial charge in [-0.3, -0.25) is 43.2 Å². The molecule has 6 amide bonds. The first kappa shape index (κ1) is 83.2. The molecule has 0 heterocycles. The van der Waals surface area contributed by atoms with Gasteiger partial charge in [-0.1, -0.05) is 252 Å². The lowest BCUT2D eigenvalue weighted by Crippen LogP contribution is -2.60. The number of carbonyl (C=O) groups is 9. The SMILES string of the molecule is CCCCCCCCCCCCCCCC(=O)N[C@H](CCC[C@@H](COC(=O)CCCCCCCCCCCCCCC)OC(=O)CCCCCCCCCCCCCCC)C(=O)N[C@@H](CO)C(=O)N[C@@H](CO)C(=O)N[C@@H](CC(N)=O)C(=O)N[C@@H](C)C(=O)O. The van der Waals surface area contributed by atoms with Gasteiger partial charge in [-0.25, -0.2) is 0 Å². The van der Waals surface area contributed by atoms with Gasteiger partial charge in [-0.05, 0) is 45.4 Å². The van der Waals surface area contributed by atoms with Gasteiger partial charge in [0.15, 0.2) is 0 Å². The number of primary amides is 1. The number of amides is 6. The Kier molecular flexibility index (Phi) is 55.3. The molecule has 0 bridgehead atoms. The van der Waals surface area contributed by atoms with E-state index in [1.807, 2.05) is 0 Å². The van der Waals surface area contributed by atoms with E-state index in [1.165, 1.54) is 167 Å². The number of unbranched alkanes of at least 4 members (excludes halogenated alkanes) is 36. The predicted octanol–water partition coefficient (Wildman–Crippen LogP) is 11.4. The fourth-order valence-electron chi connectivity index (χ4n) is 10.6. The molecule has 10 N–H and O–H groups in total. The van der Waals surface area contributed by atoms with Crippen LogP contribution in [0.15, 0.2) is 0 Å². The van der Waals surface area contributed by atoms with E-state index in [1.54, 1.807) is 0 Å². The van der Waals surface area contributed by atoms with E-state index in [2.05, 4.69) is 47.4 Å². The molecular formula is C68H126N6O14. The molecule has 0 aliphatic carbocycles. The number of hydrogen-bond acceptors (Lipinski definition) is 13. The number of aliphatic hydroxyl groups is 2. The summed E-state index contributed by atoms with van der Waals surface area (Å²) in [5.41, 5.74) is 5.26. The molecule has 0 aliphatic heterocycles. The van der Waals surface area contributed by atoms with E-state index in [4.69, 9.17) is 15.2 Å². The molecule has 0 aromatic carbocycles. The Morgan fingerprint density at radius 3 is 1.05 bits per heavy atom. The molecule has 0 radical (unpaired) electrons. The summed E-state index contributed by atoms with van der Waals surface area (Å²) in [5.74, 6) is -7.91. The van der Waals surface area contributed by atoms with E-state index in [9.17, 15) is 58.5 Å². The minimum atomic E-state index is -1.79. The number of ether oxygens (including phenoxy) is 2. The molecule has 0 spiro atoms. The molecule has 0 aliphatic rings. The quantitative estimate of drug-likeness (QED) is 0.0202. The Bertz CT molecular complexity index is 1840. The highest BCUT2D eigenvalue weighted by molar-refractivity contribution is 5.97. The summed E-state index contributed by atoms with van der Waals surface area (Å²) in [5, 5.41) is 41.4. The second-order valence-corrected chi connectivity index (χ2v) is 24.6. The number of aliphatic hydroxyl groups excluding tert-OH is 2. The molecule has 6 atom stereocenters. The van der Waals surface area contributed by atoms with Crippen LogP contribution in [-0.4, -0.2) is 125 Å². The number of carboxylic acid groups (broad SMARTS) is 1. The summed E-state index contributed by atoms with van der Waals surface area (Å²) < 4.78 is 11.6. The van der Waals surface area contributed by atoms with Gasteiger partial charge in [-0.2, -0.15) is 0 Å². The predicted molar refractivity (Wildman–Crippen MR) is 347 cm³/mol. The average Bonchev–Trinajstić information content (AvgIpc) is 2.79. The van der Waals surface area contributed by atoms with Gasteiger partial charge in [0.25, 0.3) is 0 Å². The van der Waals surface area contributed by atoms with Gasteiger partial charge < -0.3 is 57.1 Å². The van der Waals surface area contributed by atoms with Crippen LogP contribution in [0.1, 0.15) is 323 Å². The van der Waals surface area contributed by atoms with Crippen LogP contribution in [-0.2, 0) is 52.6 Å². The van der Waals surface area contributed by atoms with E-state index < -0.39 is 109 Å². The molecule has 0 aromatic rings. The Labute approximate surface area is 530 Å². The van der Waals surface area contributed by atoms with Gasteiger partial charge >= 0.3 is 17.9 Å². The number of nitrogens with one attached hydrogen (secondary N) is 5. The van der Waals surface area contributed by atoms with Crippen molar-refractivity contribution in [2.45, 2.75) is 359 Å². The van der Waals surface area contributed by atoms with E-state index in [0.29, 0.717) is 19.3 Å². The maximum absolute atomic E-state index is 14.1. The second kappa shape index (κ2) is 58.5. The summed E-state index contributed by atoms with van der Waals surface area (Å²) in [6, 6.07) is -7.87.